The minimum atomic E-state index is -0.799. The second-order valence-electron chi connectivity index (χ2n) is 32.2. The molecule has 29 nitrogen and oxygen atoms in total. The summed E-state index contributed by atoms with van der Waals surface area (Å²) in [4.78, 5) is 109. The van der Waals surface area contributed by atoms with E-state index in [1.807, 2.05) is 6.07 Å². The van der Waals surface area contributed by atoms with E-state index in [1.165, 1.54) is 81.0 Å². The molecular formula is C106H69ClF4N4O25S4. The largest absolute Gasteiger partial charge is 0.505 e. The van der Waals surface area contributed by atoms with Crippen LogP contribution in [0.25, 0.3) is 87.5 Å². The molecule has 3 aliphatic heterocycles. The van der Waals surface area contributed by atoms with Crippen LogP contribution in [-0.2, 0) is 26.2 Å². The lowest BCUT2D eigenvalue weighted by Crippen LogP contribution is -2.23. The van der Waals surface area contributed by atoms with Gasteiger partial charge in [-0.1, -0.05) is 131 Å². The maximum absolute atomic E-state index is 13.8. The van der Waals surface area contributed by atoms with Crippen LogP contribution in [-0.4, -0.2) is 80.4 Å². The molecule has 12 aromatic carbocycles. The van der Waals surface area contributed by atoms with Gasteiger partial charge < -0.3 is 99.0 Å². The Morgan fingerprint density at radius 1 is 0.292 bits per heavy atom. The molecule has 0 spiro atoms. The average molecular weight is 2040 g/mol. The van der Waals surface area contributed by atoms with Crippen LogP contribution < -0.4 is 87.4 Å². The molecule has 0 aliphatic carbocycles. The Bertz CT molecular complexity index is 9140. The van der Waals surface area contributed by atoms with E-state index in [9.17, 15) is 76.3 Å². The van der Waals surface area contributed by atoms with Crippen LogP contribution in [0.4, 0.5) is 17.6 Å². The monoisotopic (exact) mass is 2040 g/mol. The molecule has 0 saturated carbocycles. The first-order valence-corrected chi connectivity index (χ1v) is 47.0. The minimum Gasteiger partial charge on any atom is -0.505 e. The number of ether oxygens (including phenoxy) is 9. The normalized spacial score (nSPS) is 12.1. The summed E-state index contributed by atoms with van der Waals surface area (Å²) >= 11 is 9.85. The molecule has 8 aromatic heterocycles. The van der Waals surface area contributed by atoms with Gasteiger partial charge in [-0.25, -0.2) is 36.7 Å². The lowest BCUT2D eigenvalue weighted by Gasteiger charge is -2.15. The zero-order valence-electron chi connectivity index (χ0n) is 74.9. The van der Waals surface area contributed by atoms with Gasteiger partial charge >= 0.3 is 22.5 Å². The number of pyridine rings is 4. The maximum Gasteiger partial charge on any atom is 0.354 e. The summed E-state index contributed by atoms with van der Waals surface area (Å²) in [6.07, 6.45) is 0. The van der Waals surface area contributed by atoms with E-state index in [-0.39, 0.29) is 110 Å². The molecule has 0 atom stereocenters. The molecule has 0 fully saturated rings. The van der Waals surface area contributed by atoms with E-state index in [4.69, 9.17) is 71.9 Å². The number of fused-ring (bicyclic) bond motifs is 15. The van der Waals surface area contributed by atoms with Gasteiger partial charge in [0.05, 0.1) is 69.6 Å². The number of hydrogen-bond acceptors (Lipinski definition) is 29. The smallest absolute Gasteiger partial charge is 0.354 e. The van der Waals surface area contributed by atoms with Crippen molar-refractivity contribution in [3.8, 4) is 74.7 Å². The summed E-state index contributed by atoms with van der Waals surface area (Å²) in [6, 6.07) is 67.2. The molecule has 0 radical (unpaired) electrons. The second kappa shape index (κ2) is 39.7. The zero-order chi connectivity index (χ0) is 100. The highest BCUT2D eigenvalue weighted by molar-refractivity contribution is 8.00. The third-order valence-electron chi connectivity index (χ3n) is 23.4. The van der Waals surface area contributed by atoms with E-state index in [0.29, 0.717) is 142 Å². The van der Waals surface area contributed by atoms with Gasteiger partial charge in [-0.2, -0.15) is 0 Å². The first-order valence-electron chi connectivity index (χ1n) is 43.4. The lowest BCUT2D eigenvalue weighted by molar-refractivity contribution is 0.173. The van der Waals surface area contributed by atoms with Crippen molar-refractivity contribution in [2.24, 2.45) is 0 Å². The van der Waals surface area contributed by atoms with Gasteiger partial charge in [-0.15, -0.1) is 0 Å². The predicted molar refractivity (Wildman–Crippen MR) is 531 cm³/mol. The Morgan fingerprint density at radius 2 is 0.562 bits per heavy atom. The Morgan fingerprint density at radius 3 is 0.889 bits per heavy atom. The molecule has 0 bridgehead atoms. The molecule has 20 aromatic rings. The predicted octanol–water partition coefficient (Wildman–Crippen LogP) is 20.5. The van der Waals surface area contributed by atoms with E-state index < -0.39 is 91.0 Å². The summed E-state index contributed by atoms with van der Waals surface area (Å²) in [5, 5.41) is 46.3. The van der Waals surface area contributed by atoms with Gasteiger partial charge in [0.15, 0.2) is 79.8 Å². The van der Waals surface area contributed by atoms with Crippen LogP contribution in [0.2, 0.25) is 5.02 Å². The first kappa shape index (κ1) is 94.7. The zero-order valence-corrected chi connectivity index (χ0v) is 78.9. The summed E-state index contributed by atoms with van der Waals surface area (Å²) in [7, 11) is 4.56. The van der Waals surface area contributed by atoms with Crippen molar-refractivity contribution in [1.82, 2.24) is 18.3 Å². The van der Waals surface area contributed by atoms with Crippen LogP contribution in [0.15, 0.2) is 350 Å². The molecular weight excluding hydrogens is 1970 g/mol. The van der Waals surface area contributed by atoms with Gasteiger partial charge in [0.2, 0.25) is 20.4 Å². The van der Waals surface area contributed by atoms with Crippen molar-refractivity contribution >= 4 is 146 Å². The Labute approximate surface area is 827 Å². The molecule has 722 valence electrons. The molecule has 3 aliphatic rings. The Kier molecular flexibility index (Phi) is 26.1. The topological polar surface area (TPSA) is 373 Å². The first-order chi connectivity index (χ1) is 69.7. The highest BCUT2D eigenvalue weighted by Gasteiger charge is 2.32. The molecule has 144 heavy (non-hydrogen) atoms. The van der Waals surface area contributed by atoms with Gasteiger partial charge in [-0.05, 0) is 180 Å². The van der Waals surface area contributed by atoms with Crippen molar-refractivity contribution in [3.63, 3.8) is 0 Å². The van der Waals surface area contributed by atoms with Gasteiger partial charge in [0, 0.05) is 70.4 Å². The fourth-order valence-electron chi connectivity index (χ4n) is 16.5. The average Bonchev–Trinajstić information content (AvgIpc) is 1.13. The summed E-state index contributed by atoms with van der Waals surface area (Å²) < 4.78 is 131. The Hall–Kier alpha value is -16.9. The van der Waals surface area contributed by atoms with Gasteiger partial charge in [-0.3, -0.25) is 19.2 Å². The SMILES string of the molecule is COc1ccc(Sc2c(O)c3c(=O)n(Cc4ccc(F)cc4)c4cc5c(cc4c3oc2=O)OCO5)cc1.COc1ccc2c3oc(=O)c(Sc4ccc(Cl)cc4)c(O)c3c(=O)n(Cc3ccc(F)cc3)c2c1.COc1cccc(Sc2c(O)c3c(=O)n(Cc4ccc(F)cc4)c4cc5c(cc4c3oc2=O)OCO5)c1.O=c1oc2c(c(O)c1Sc1ccccc1)c(=O)n(Cc1ccc(F)cc1)c1cc3c(cc21)OCO3. The maximum atomic E-state index is 13.8. The van der Waals surface area contributed by atoms with Crippen LogP contribution in [0.5, 0.6) is 74.7 Å². The van der Waals surface area contributed by atoms with E-state index in [0.717, 1.165) is 47.0 Å². The minimum absolute atomic E-state index is 0.00229. The quantitative estimate of drug-likeness (QED) is 0.0431. The summed E-state index contributed by atoms with van der Waals surface area (Å²) in [5.41, 5.74) is -1.29. The molecule has 23 rings (SSSR count). The second-order valence-corrected chi connectivity index (χ2v) is 37.0. The van der Waals surface area contributed by atoms with Crippen LogP contribution in [0, 0.1) is 23.3 Å². The van der Waals surface area contributed by atoms with Crippen molar-refractivity contribution in [2.45, 2.75) is 65.3 Å². The molecule has 38 heteroatoms. The van der Waals surface area contributed by atoms with Crippen molar-refractivity contribution in [3.05, 3.63) is 388 Å². The fourth-order valence-corrected chi connectivity index (χ4v) is 20.0. The molecule has 0 unspecified atom stereocenters. The third kappa shape index (κ3) is 18.6. The van der Waals surface area contributed by atoms with E-state index >= 15 is 0 Å². The molecule has 4 N–H and O–H groups in total. The van der Waals surface area contributed by atoms with Crippen molar-refractivity contribution in [2.75, 3.05) is 41.7 Å². The number of methoxy groups -OCH3 is 3. The van der Waals surface area contributed by atoms with E-state index in [1.54, 1.807) is 207 Å². The Balaban J connectivity index is 0.000000117. The molecule has 0 amide bonds. The number of aromatic hydroxyl groups is 4. The molecule has 0 saturated heterocycles. The standard InChI is InChI=1S/2C27H18FNO7S.C26H17ClFNO5S.C26H16FNO6S/c1-33-16-6-8-17(9-7-16)37-25-23(30)22-24(36-27(25)32)18-10-20-21(35-13-34-20)11-19(18)29(26(22)31)12-14-2-4-15(28)5-3-14;1-33-16-3-2-4-17(9-16)37-25-23(30)22-24(36-27(25)32)18-10-20-21(35-13-34-20)11-19(18)29(26(22)31)12-14-5-7-15(28)8-6-14;1-33-17-8-11-19-20(12-17)29(13-14-2-6-16(28)7-3-14)25(31)21-22(30)24(26(32)34-23(19)21)35-18-9-4-15(27)5-10-18;27-15-8-6-14(7-9-15)12-28-18-11-20-19(32-13-33-20)10-17(18)23-21(25(28)30)22(29)24(26(31)34-23)35-16-4-2-1-3-5-16/h2*2-11,30H,12-13H2,1H3;2-12,30H,13H2,1H3;1-11,29H,12-13H2. The highest BCUT2D eigenvalue weighted by atomic mass is 35.5. The summed E-state index contributed by atoms with van der Waals surface area (Å²) in [5.74, 6) is 0.758. The highest BCUT2D eigenvalue weighted by Crippen LogP contribution is 2.48. The summed E-state index contributed by atoms with van der Waals surface area (Å²) in [6.45, 7) is 0.347. The number of halogens is 5. The van der Waals surface area contributed by atoms with Gasteiger partial charge in [0.25, 0.3) is 22.2 Å². The lowest BCUT2D eigenvalue weighted by atomic mass is 10.1. The number of rotatable bonds is 19. The number of hydrogen-bond donors (Lipinski definition) is 4. The van der Waals surface area contributed by atoms with Crippen LogP contribution in [0.1, 0.15) is 22.3 Å². The van der Waals surface area contributed by atoms with Crippen molar-refractivity contribution < 1.29 is 98.3 Å². The van der Waals surface area contributed by atoms with E-state index in [2.05, 4.69) is 0 Å². The number of aromatic nitrogens is 4. The number of benzene rings is 12. The van der Waals surface area contributed by atoms with Crippen LogP contribution in [0.3, 0.4) is 0 Å². The fraction of sp³-hybridized carbons (Fsp3) is 0.0943. The third-order valence-corrected chi connectivity index (χ3v) is 28.0. The van der Waals surface area contributed by atoms with Gasteiger partial charge in [0.1, 0.15) is 81.6 Å². The van der Waals surface area contributed by atoms with Crippen molar-refractivity contribution in [1.29, 1.82) is 0 Å². The molecule has 11 heterocycles. The van der Waals surface area contributed by atoms with Crippen LogP contribution >= 0.6 is 58.6 Å². The number of nitrogens with zero attached hydrogens (tertiary/aromatic N) is 4.